The van der Waals surface area contributed by atoms with Crippen LogP contribution >= 0.6 is 0 Å². The maximum Gasteiger partial charge on any atom is 0.268 e. The molecule has 2 N–H and O–H groups in total. The minimum Gasteiger partial charge on any atom is -0.373 e. The van der Waals surface area contributed by atoms with Crippen molar-refractivity contribution in [2.45, 2.75) is 45.8 Å². The fourth-order valence-electron chi connectivity index (χ4n) is 4.24. The summed E-state index contributed by atoms with van der Waals surface area (Å²) in [5, 5.41) is 6.80. The van der Waals surface area contributed by atoms with Gasteiger partial charge in [0.05, 0.1) is 5.60 Å². The predicted molar refractivity (Wildman–Crippen MR) is 122 cm³/mol. The first-order chi connectivity index (χ1) is 14.8. The van der Waals surface area contributed by atoms with E-state index in [1.165, 1.54) is 12.5 Å². The number of ether oxygens (including phenoxy) is 1. The summed E-state index contributed by atoms with van der Waals surface area (Å²) < 4.78 is 7.85. The Morgan fingerprint density at radius 1 is 1.16 bits per heavy atom. The molecule has 6 heteroatoms. The second-order valence-corrected chi connectivity index (χ2v) is 8.64. The molecule has 2 heterocycles. The SMILES string of the molecule is CC(=O)Nc1ccc2c(c1)cc(C(=O)NC[C@@]1(C)CCCO1)n2Cc1cccc(C)c1. The first-order valence-electron chi connectivity index (χ1n) is 10.7. The molecule has 0 spiro atoms. The number of fused-ring (bicyclic) bond motifs is 1. The lowest BCUT2D eigenvalue weighted by Crippen LogP contribution is -2.40. The second-order valence-electron chi connectivity index (χ2n) is 8.64. The highest BCUT2D eigenvalue weighted by atomic mass is 16.5. The van der Waals surface area contributed by atoms with Crippen molar-refractivity contribution in [3.63, 3.8) is 0 Å². The maximum atomic E-state index is 13.2. The number of hydrogen-bond acceptors (Lipinski definition) is 3. The van der Waals surface area contributed by atoms with Gasteiger partial charge in [0.25, 0.3) is 5.91 Å². The van der Waals surface area contributed by atoms with Crippen molar-refractivity contribution < 1.29 is 14.3 Å². The number of carbonyl (C=O) groups excluding carboxylic acids is 2. The first kappa shape index (κ1) is 21.1. The zero-order valence-electron chi connectivity index (χ0n) is 18.3. The summed E-state index contributed by atoms with van der Waals surface area (Å²) in [6.07, 6.45) is 1.96. The van der Waals surface area contributed by atoms with Crippen LogP contribution in [0.4, 0.5) is 5.69 Å². The van der Waals surface area contributed by atoms with Gasteiger partial charge < -0.3 is 19.9 Å². The van der Waals surface area contributed by atoms with Crippen molar-refractivity contribution in [1.82, 2.24) is 9.88 Å². The van der Waals surface area contributed by atoms with E-state index in [0.29, 0.717) is 24.5 Å². The molecule has 162 valence electrons. The monoisotopic (exact) mass is 419 g/mol. The van der Waals surface area contributed by atoms with Crippen LogP contribution in [0.2, 0.25) is 0 Å². The highest BCUT2D eigenvalue weighted by molar-refractivity contribution is 6.00. The molecular weight excluding hydrogens is 390 g/mol. The standard InChI is InChI=1S/C25H29N3O3/c1-17-6-4-7-19(12-17)15-28-22-9-8-21(27-18(2)29)13-20(22)14-23(28)24(30)26-16-25(3)10-5-11-31-25/h4,6-9,12-14H,5,10-11,15-16H2,1-3H3,(H,26,30)(H,27,29)/t25-/m1/s1. The van der Waals surface area contributed by atoms with E-state index in [0.717, 1.165) is 35.9 Å². The van der Waals surface area contributed by atoms with E-state index in [4.69, 9.17) is 4.74 Å². The van der Waals surface area contributed by atoms with Crippen LogP contribution in [0.15, 0.2) is 48.5 Å². The average molecular weight is 420 g/mol. The molecular formula is C25H29N3O3. The lowest BCUT2D eigenvalue weighted by Gasteiger charge is -2.23. The summed E-state index contributed by atoms with van der Waals surface area (Å²) in [5.74, 6) is -0.247. The molecule has 0 unspecified atom stereocenters. The molecule has 0 radical (unpaired) electrons. The topological polar surface area (TPSA) is 72.4 Å². The van der Waals surface area contributed by atoms with E-state index in [9.17, 15) is 9.59 Å². The fraction of sp³-hybridized carbons (Fsp3) is 0.360. The summed E-state index contributed by atoms with van der Waals surface area (Å²) in [6.45, 7) is 7.40. The number of anilines is 1. The first-order valence-corrected chi connectivity index (χ1v) is 10.7. The summed E-state index contributed by atoms with van der Waals surface area (Å²) in [6, 6.07) is 15.9. The Balaban J connectivity index is 1.68. The molecule has 1 saturated heterocycles. The molecule has 2 amide bonds. The Bertz CT molecular complexity index is 1130. The van der Waals surface area contributed by atoms with Gasteiger partial charge in [-0.25, -0.2) is 0 Å². The number of aromatic nitrogens is 1. The van der Waals surface area contributed by atoms with Gasteiger partial charge in [-0.3, -0.25) is 9.59 Å². The number of benzene rings is 2. The third-order valence-electron chi connectivity index (χ3n) is 5.80. The molecule has 0 aliphatic carbocycles. The van der Waals surface area contributed by atoms with Gasteiger partial charge in [0.2, 0.25) is 5.91 Å². The van der Waals surface area contributed by atoms with Crippen molar-refractivity contribution in [2.75, 3.05) is 18.5 Å². The molecule has 1 aliphatic rings. The van der Waals surface area contributed by atoms with E-state index >= 15 is 0 Å². The van der Waals surface area contributed by atoms with Crippen LogP contribution in [-0.2, 0) is 16.1 Å². The molecule has 6 nitrogen and oxygen atoms in total. The van der Waals surface area contributed by atoms with Gasteiger partial charge in [-0.1, -0.05) is 29.8 Å². The quantitative estimate of drug-likeness (QED) is 0.627. The number of nitrogens with zero attached hydrogens (tertiary/aromatic N) is 1. The lowest BCUT2D eigenvalue weighted by atomic mass is 10.0. The maximum absolute atomic E-state index is 13.2. The number of hydrogen-bond donors (Lipinski definition) is 2. The van der Waals surface area contributed by atoms with Crippen molar-refractivity contribution in [2.24, 2.45) is 0 Å². The third-order valence-corrected chi connectivity index (χ3v) is 5.80. The highest BCUT2D eigenvalue weighted by Crippen LogP contribution is 2.27. The lowest BCUT2D eigenvalue weighted by molar-refractivity contribution is -0.114. The Hall–Kier alpha value is -3.12. The molecule has 0 bridgehead atoms. The molecule has 4 rings (SSSR count). The average Bonchev–Trinajstić information content (AvgIpc) is 3.30. The fourth-order valence-corrected chi connectivity index (χ4v) is 4.24. The largest absolute Gasteiger partial charge is 0.373 e. The Morgan fingerprint density at radius 2 is 2.00 bits per heavy atom. The van der Waals surface area contributed by atoms with Crippen LogP contribution in [-0.4, -0.2) is 35.1 Å². The summed E-state index contributed by atoms with van der Waals surface area (Å²) >= 11 is 0. The van der Waals surface area contributed by atoms with Crippen LogP contribution in [0.5, 0.6) is 0 Å². The molecule has 1 fully saturated rings. The van der Waals surface area contributed by atoms with Gasteiger partial charge in [0, 0.05) is 43.2 Å². The van der Waals surface area contributed by atoms with E-state index in [1.807, 2.05) is 41.8 Å². The number of carbonyl (C=O) groups is 2. The van der Waals surface area contributed by atoms with Gasteiger partial charge in [-0.2, -0.15) is 0 Å². The van der Waals surface area contributed by atoms with Crippen LogP contribution in [0.3, 0.4) is 0 Å². The van der Waals surface area contributed by atoms with Gasteiger partial charge in [0.15, 0.2) is 0 Å². The van der Waals surface area contributed by atoms with Crippen molar-refractivity contribution in [3.8, 4) is 0 Å². The van der Waals surface area contributed by atoms with E-state index in [1.54, 1.807) is 0 Å². The third kappa shape index (κ3) is 4.80. The van der Waals surface area contributed by atoms with Gasteiger partial charge in [0.1, 0.15) is 5.69 Å². The summed E-state index contributed by atoms with van der Waals surface area (Å²) in [4.78, 5) is 24.6. The Labute approximate surface area is 182 Å². The number of nitrogens with one attached hydrogen (secondary N) is 2. The van der Waals surface area contributed by atoms with Crippen molar-refractivity contribution >= 4 is 28.4 Å². The number of rotatable bonds is 6. The molecule has 31 heavy (non-hydrogen) atoms. The normalized spacial score (nSPS) is 18.3. The Kier molecular flexibility index (Phi) is 5.83. The van der Waals surface area contributed by atoms with Crippen LogP contribution in [0.25, 0.3) is 10.9 Å². The van der Waals surface area contributed by atoms with Gasteiger partial charge >= 0.3 is 0 Å². The number of aryl methyl sites for hydroxylation is 1. The van der Waals surface area contributed by atoms with Crippen molar-refractivity contribution in [1.29, 1.82) is 0 Å². The van der Waals surface area contributed by atoms with E-state index in [2.05, 4.69) is 35.8 Å². The number of amides is 2. The van der Waals surface area contributed by atoms with Crippen LogP contribution < -0.4 is 10.6 Å². The van der Waals surface area contributed by atoms with Crippen LogP contribution in [0, 0.1) is 6.92 Å². The van der Waals surface area contributed by atoms with Crippen LogP contribution in [0.1, 0.15) is 48.3 Å². The molecule has 0 saturated carbocycles. The minimum atomic E-state index is -0.304. The highest BCUT2D eigenvalue weighted by Gasteiger charge is 2.30. The Morgan fingerprint density at radius 3 is 2.71 bits per heavy atom. The predicted octanol–water partition coefficient (Wildman–Crippen LogP) is 4.26. The van der Waals surface area contributed by atoms with E-state index < -0.39 is 0 Å². The van der Waals surface area contributed by atoms with Gasteiger partial charge in [-0.05, 0) is 56.5 Å². The smallest absolute Gasteiger partial charge is 0.268 e. The minimum absolute atomic E-state index is 0.123. The molecule has 1 aromatic heterocycles. The van der Waals surface area contributed by atoms with Crippen molar-refractivity contribution in [3.05, 3.63) is 65.4 Å². The zero-order chi connectivity index (χ0) is 22.0. The second kappa shape index (κ2) is 8.55. The molecule has 1 aliphatic heterocycles. The summed E-state index contributed by atoms with van der Waals surface area (Å²) in [5.41, 5.74) is 4.26. The molecule has 3 aromatic rings. The van der Waals surface area contributed by atoms with E-state index in [-0.39, 0.29) is 17.4 Å². The van der Waals surface area contributed by atoms with Gasteiger partial charge in [-0.15, -0.1) is 0 Å². The summed E-state index contributed by atoms with van der Waals surface area (Å²) in [7, 11) is 0. The zero-order valence-corrected chi connectivity index (χ0v) is 18.3. The molecule has 1 atom stereocenters. The molecule has 2 aromatic carbocycles.